The van der Waals surface area contributed by atoms with Crippen LogP contribution in [0, 0.1) is 5.92 Å². The zero-order valence-corrected chi connectivity index (χ0v) is 12.2. The molecule has 0 unspecified atom stereocenters. The minimum atomic E-state index is 0.00653. The number of anilines is 1. The van der Waals surface area contributed by atoms with Crippen molar-refractivity contribution in [3.05, 3.63) is 42.2 Å². The molecule has 0 aliphatic heterocycles. The summed E-state index contributed by atoms with van der Waals surface area (Å²) in [4.78, 5) is 14.4. The van der Waals surface area contributed by atoms with Crippen molar-refractivity contribution in [2.45, 2.75) is 19.8 Å². The summed E-state index contributed by atoms with van der Waals surface area (Å²) >= 11 is 0. The highest BCUT2D eigenvalue weighted by Crippen LogP contribution is 2.30. The molecule has 0 spiro atoms. The van der Waals surface area contributed by atoms with Crippen LogP contribution in [0.25, 0.3) is 5.69 Å². The molecule has 3 rings (SSSR count). The monoisotopic (exact) mass is 284 g/mol. The Morgan fingerprint density at radius 2 is 2.24 bits per heavy atom. The zero-order chi connectivity index (χ0) is 14.8. The molecule has 110 valence electrons. The van der Waals surface area contributed by atoms with Gasteiger partial charge in [-0.25, -0.2) is 4.68 Å². The lowest BCUT2D eigenvalue weighted by Crippen LogP contribution is -2.33. The van der Waals surface area contributed by atoms with Crippen LogP contribution in [0.4, 0.5) is 5.69 Å². The molecule has 0 saturated heterocycles. The van der Waals surface area contributed by atoms with Gasteiger partial charge in [-0.05, 0) is 49.9 Å². The SMILES string of the molecule is CCN(CC1CC1)C(=O)c1ccn(-c2cccc(N)c2)n1. The third-order valence-corrected chi connectivity index (χ3v) is 3.79. The molecule has 1 aliphatic rings. The van der Waals surface area contributed by atoms with Crippen LogP contribution in [0.5, 0.6) is 0 Å². The van der Waals surface area contributed by atoms with Crippen molar-refractivity contribution in [1.29, 1.82) is 0 Å². The van der Waals surface area contributed by atoms with Gasteiger partial charge in [-0.15, -0.1) is 0 Å². The number of hydrogen-bond donors (Lipinski definition) is 1. The summed E-state index contributed by atoms with van der Waals surface area (Å²) in [5.74, 6) is 0.692. The highest BCUT2D eigenvalue weighted by atomic mass is 16.2. The largest absolute Gasteiger partial charge is 0.399 e. The Kier molecular flexibility index (Phi) is 3.64. The summed E-state index contributed by atoms with van der Waals surface area (Å²) in [5.41, 5.74) is 7.80. The first-order valence-electron chi connectivity index (χ1n) is 7.38. The fourth-order valence-electron chi connectivity index (χ4n) is 2.38. The molecule has 1 heterocycles. The van der Waals surface area contributed by atoms with E-state index in [1.54, 1.807) is 16.9 Å². The van der Waals surface area contributed by atoms with E-state index in [0.29, 0.717) is 17.3 Å². The number of carbonyl (C=O) groups excluding carboxylic acids is 1. The Bertz CT molecular complexity index is 645. The first-order chi connectivity index (χ1) is 10.2. The van der Waals surface area contributed by atoms with E-state index in [1.165, 1.54) is 12.8 Å². The average Bonchev–Trinajstić information content (AvgIpc) is 3.17. The fraction of sp³-hybridized carbons (Fsp3) is 0.375. The predicted octanol–water partition coefficient (Wildman–Crippen LogP) is 2.33. The number of amides is 1. The molecule has 1 aromatic carbocycles. The van der Waals surface area contributed by atoms with Gasteiger partial charge in [0.2, 0.25) is 0 Å². The van der Waals surface area contributed by atoms with Crippen LogP contribution >= 0.6 is 0 Å². The summed E-state index contributed by atoms with van der Waals surface area (Å²) in [5, 5.41) is 4.39. The van der Waals surface area contributed by atoms with Gasteiger partial charge in [-0.2, -0.15) is 5.10 Å². The minimum absolute atomic E-state index is 0.00653. The molecule has 1 amide bonds. The normalized spacial score (nSPS) is 14.1. The Balaban J connectivity index is 1.78. The molecule has 5 nitrogen and oxygen atoms in total. The summed E-state index contributed by atoms with van der Waals surface area (Å²) in [6.45, 7) is 3.58. The van der Waals surface area contributed by atoms with Crippen LogP contribution in [0.3, 0.4) is 0 Å². The lowest BCUT2D eigenvalue weighted by molar-refractivity contribution is 0.0750. The van der Waals surface area contributed by atoms with Crippen molar-refractivity contribution >= 4 is 11.6 Å². The standard InChI is InChI=1S/C16H20N4O/c1-2-19(11-12-6-7-12)16(21)15-8-9-20(18-15)14-5-3-4-13(17)10-14/h3-5,8-10,12H,2,6-7,11,17H2,1H3. The molecule has 1 fully saturated rings. The summed E-state index contributed by atoms with van der Waals surface area (Å²) < 4.78 is 1.69. The van der Waals surface area contributed by atoms with Crippen LogP contribution < -0.4 is 5.73 Å². The van der Waals surface area contributed by atoms with Crippen LogP contribution in [-0.2, 0) is 0 Å². The minimum Gasteiger partial charge on any atom is -0.399 e. The molecule has 1 aromatic heterocycles. The maximum atomic E-state index is 12.5. The summed E-state index contributed by atoms with van der Waals surface area (Å²) in [7, 11) is 0. The first kappa shape index (κ1) is 13.7. The maximum Gasteiger partial charge on any atom is 0.274 e. The highest BCUT2D eigenvalue weighted by molar-refractivity contribution is 5.92. The van der Waals surface area contributed by atoms with Gasteiger partial charge in [-0.3, -0.25) is 4.79 Å². The van der Waals surface area contributed by atoms with Crippen LogP contribution in [0.15, 0.2) is 36.5 Å². The third kappa shape index (κ3) is 3.07. The van der Waals surface area contributed by atoms with Gasteiger partial charge >= 0.3 is 0 Å². The highest BCUT2D eigenvalue weighted by Gasteiger charge is 2.27. The number of carbonyl (C=O) groups is 1. The first-order valence-corrected chi connectivity index (χ1v) is 7.38. The zero-order valence-electron chi connectivity index (χ0n) is 12.2. The quantitative estimate of drug-likeness (QED) is 0.857. The summed E-state index contributed by atoms with van der Waals surface area (Å²) in [6.07, 6.45) is 4.27. The van der Waals surface area contributed by atoms with Crippen LogP contribution in [0.1, 0.15) is 30.3 Å². The van der Waals surface area contributed by atoms with Gasteiger partial charge in [0, 0.05) is 25.0 Å². The number of aromatic nitrogens is 2. The van der Waals surface area contributed by atoms with E-state index >= 15 is 0 Å². The van der Waals surface area contributed by atoms with E-state index in [0.717, 1.165) is 18.8 Å². The lowest BCUT2D eigenvalue weighted by Gasteiger charge is -2.19. The van der Waals surface area contributed by atoms with Gasteiger partial charge in [0.25, 0.3) is 5.91 Å². The van der Waals surface area contributed by atoms with Gasteiger partial charge in [0.05, 0.1) is 5.69 Å². The van der Waals surface area contributed by atoms with E-state index in [-0.39, 0.29) is 5.91 Å². The number of rotatable bonds is 5. The van der Waals surface area contributed by atoms with E-state index < -0.39 is 0 Å². The van der Waals surface area contributed by atoms with Crippen molar-refractivity contribution in [2.24, 2.45) is 5.92 Å². The number of hydrogen-bond acceptors (Lipinski definition) is 3. The van der Waals surface area contributed by atoms with Crippen molar-refractivity contribution in [3.63, 3.8) is 0 Å². The number of nitrogens with zero attached hydrogens (tertiary/aromatic N) is 3. The molecule has 0 atom stereocenters. The second-order valence-corrected chi connectivity index (χ2v) is 5.53. The van der Waals surface area contributed by atoms with E-state index in [2.05, 4.69) is 5.10 Å². The van der Waals surface area contributed by atoms with Gasteiger partial charge in [0.1, 0.15) is 0 Å². The third-order valence-electron chi connectivity index (χ3n) is 3.79. The Labute approximate surface area is 124 Å². The van der Waals surface area contributed by atoms with E-state index in [9.17, 15) is 4.79 Å². The Morgan fingerprint density at radius 1 is 1.43 bits per heavy atom. The number of nitrogens with two attached hydrogens (primary N) is 1. The molecule has 5 heteroatoms. The maximum absolute atomic E-state index is 12.5. The Hall–Kier alpha value is -2.30. The van der Waals surface area contributed by atoms with Gasteiger partial charge < -0.3 is 10.6 Å². The molecular formula is C16H20N4O. The Morgan fingerprint density at radius 3 is 2.90 bits per heavy atom. The number of benzene rings is 1. The molecule has 0 bridgehead atoms. The topological polar surface area (TPSA) is 64.2 Å². The van der Waals surface area contributed by atoms with Crippen molar-refractivity contribution in [1.82, 2.24) is 14.7 Å². The molecular weight excluding hydrogens is 264 g/mol. The van der Waals surface area contributed by atoms with Crippen molar-refractivity contribution < 1.29 is 4.79 Å². The van der Waals surface area contributed by atoms with Crippen LogP contribution in [-0.4, -0.2) is 33.7 Å². The van der Waals surface area contributed by atoms with E-state index in [4.69, 9.17) is 5.73 Å². The molecule has 1 aliphatic carbocycles. The predicted molar refractivity (Wildman–Crippen MR) is 82.3 cm³/mol. The fourth-order valence-corrected chi connectivity index (χ4v) is 2.38. The van der Waals surface area contributed by atoms with Crippen molar-refractivity contribution in [3.8, 4) is 5.69 Å². The molecule has 21 heavy (non-hydrogen) atoms. The molecule has 0 radical (unpaired) electrons. The lowest BCUT2D eigenvalue weighted by atomic mass is 10.3. The molecule has 1 saturated carbocycles. The van der Waals surface area contributed by atoms with Gasteiger partial charge in [-0.1, -0.05) is 6.07 Å². The van der Waals surface area contributed by atoms with Gasteiger partial charge in [0.15, 0.2) is 5.69 Å². The van der Waals surface area contributed by atoms with Crippen LogP contribution in [0.2, 0.25) is 0 Å². The summed E-state index contributed by atoms with van der Waals surface area (Å²) in [6, 6.07) is 9.22. The average molecular weight is 284 g/mol. The van der Waals surface area contributed by atoms with Crippen molar-refractivity contribution in [2.75, 3.05) is 18.8 Å². The molecule has 2 aromatic rings. The van der Waals surface area contributed by atoms with E-state index in [1.807, 2.05) is 36.1 Å². The second kappa shape index (κ2) is 5.60. The smallest absolute Gasteiger partial charge is 0.274 e. The molecule has 2 N–H and O–H groups in total. The number of nitrogen functional groups attached to an aromatic ring is 1. The second-order valence-electron chi connectivity index (χ2n) is 5.53.